The molecule has 0 saturated carbocycles. The molecule has 0 fully saturated rings. The number of ether oxygens (including phenoxy) is 1. The number of hydrogen-bond donors (Lipinski definition) is 0. The highest BCUT2D eigenvalue weighted by Gasteiger charge is 2.13. The topological polar surface area (TPSA) is 26.3 Å². The number of carbonyl (C=O) groups is 1. The Morgan fingerprint density at radius 2 is 1.84 bits per heavy atom. The maximum Gasteiger partial charge on any atom is 0.330 e. The van der Waals surface area contributed by atoms with Gasteiger partial charge in [0, 0.05) is 6.08 Å². The number of benzene rings is 1. The fourth-order valence-electron chi connectivity index (χ4n) is 1.75. The number of aryl methyl sites for hydroxylation is 1. The Morgan fingerprint density at radius 3 is 2.47 bits per heavy atom. The lowest BCUT2D eigenvalue weighted by atomic mass is 10.1. The van der Waals surface area contributed by atoms with E-state index in [9.17, 15) is 4.79 Å². The lowest BCUT2D eigenvalue weighted by Crippen LogP contribution is -2.22. The Bertz CT molecular complexity index is 399. The van der Waals surface area contributed by atoms with E-state index in [0.29, 0.717) is 0 Å². The highest BCUT2D eigenvalue weighted by Crippen LogP contribution is 2.09. The molecule has 0 heterocycles. The molecule has 0 radical (unpaired) electrons. The van der Waals surface area contributed by atoms with Crippen molar-refractivity contribution < 1.29 is 9.53 Å². The van der Waals surface area contributed by atoms with Crippen molar-refractivity contribution in [1.29, 1.82) is 0 Å². The molecule has 0 aromatic heterocycles. The summed E-state index contributed by atoms with van der Waals surface area (Å²) in [4.78, 5) is 11.4. The Hall–Kier alpha value is -1.57. The van der Waals surface area contributed by atoms with Crippen molar-refractivity contribution in [1.82, 2.24) is 0 Å². The molecule has 1 aromatic carbocycles. The van der Waals surface area contributed by atoms with E-state index in [4.69, 9.17) is 4.74 Å². The molecule has 0 aliphatic rings. The molecule has 0 atom stereocenters. The van der Waals surface area contributed by atoms with Gasteiger partial charge in [-0.05, 0) is 52.0 Å². The van der Waals surface area contributed by atoms with Crippen LogP contribution < -0.4 is 0 Å². The maximum atomic E-state index is 11.4. The van der Waals surface area contributed by atoms with Gasteiger partial charge in [0.1, 0.15) is 5.60 Å². The summed E-state index contributed by atoms with van der Waals surface area (Å²) >= 11 is 0. The summed E-state index contributed by atoms with van der Waals surface area (Å²) in [5, 5.41) is 0. The Morgan fingerprint density at radius 1 is 1.16 bits per heavy atom. The van der Waals surface area contributed by atoms with E-state index in [1.54, 1.807) is 0 Å². The van der Waals surface area contributed by atoms with Gasteiger partial charge in [0.05, 0.1) is 0 Å². The van der Waals surface area contributed by atoms with Crippen LogP contribution >= 0.6 is 0 Å². The van der Waals surface area contributed by atoms with Gasteiger partial charge in [0.15, 0.2) is 0 Å². The van der Waals surface area contributed by atoms with Crippen LogP contribution in [0.1, 0.15) is 45.6 Å². The summed E-state index contributed by atoms with van der Waals surface area (Å²) in [6, 6.07) is 10.5. The molecular formula is C17H24O2. The minimum atomic E-state index is -0.408. The molecular weight excluding hydrogens is 236 g/mol. The van der Waals surface area contributed by atoms with Crippen LogP contribution in [0.15, 0.2) is 42.5 Å². The van der Waals surface area contributed by atoms with Crippen LogP contribution in [0, 0.1) is 0 Å². The molecule has 0 N–H and O–H groups in total. The number of unbranched alkanes of at least 4 members (excludes halogenated alkanes) is 2. The van der Waals surface area contributed by atoms with Gasteiger partial charge in [0.2, 0.25) is 0 Å². The van der Waals surface area contributed by atoms with Crippen LogP contribution in [0.5, 0.6) is 0 Å². The van der Waals surface area contributed by atoms with Crippen molar-refractivity contribution in [2.75, 3.05) is 0 Å². The number of carbonyl (C=O) groups excluding carboxylic acids is 1. The van der Waals surface area contributed by atoms with Crippen molar-refractivity contribution in [2.24, 2.45) is 0 Å². The second kappa shape index (κ2) is 7.78. The first-order chi connectivity index (χ1) is 8.97. The van der Waals surface area contributed by atoms with Crippen molar-refractivity contribution in [3.05, 3.63) is 48.0 Å². The quantitative estimate of drug-likeness (QED) is 0.433. The molecule has 0 spiro atoms. The summed E-state index contributed by atoms with van der Waals surface area (Å²) in [5.74, 6) is -0.254. The van der Waals surface area contributed by atoms with Crippen LogP contribution in [-0.2, 0) is 16.0 Å². The van der Waals surface area contributed by atoms with Crippen LogP contribution in [0.25, 0.3) is 0 Å². The third-order valence-corrected chi connectivity index (χ3v) is 2.59. The number of allylic oxidation sites excluding steroid dienone is 1. The monoisotopic (exact) mass is 260 g/mol. The average molecular weight is 260 g/mol. The Balaban J connectivity index is 2.12. The molecule has 2 heteroatoms. The molecule has 104 valence electrons. The minimum absolute atomic E-state index is 0.254. The molecule has 0 aliphatic carbocycles. The van der Waals surface area contributed by atoms with Crippen molar-refractivity contribution in [2.45, 2.75) is 52.1 Å². The van der Waals surface area contributed by atoms with E-state index in [2.05, 4.69) is 24.3 Å². The van der Waals surface area contributed by atoms with E-state index in [1.807, 2.05) is 32.9 Å². The smallest absolute Gasteiger partial charge is 0.330 e. The van der Waals surface area contributed by atoms with Gasteiger partial charge in [-0.15, -0.1) is 0 Å². The zero-order valence-corrected chi connectivity index (χ0v) is 12.2. The van der Waals surface area contributed by atoms with Gasteiger partial charge in [-0.3, -0.25) is 0 Å². The van der Waals surface area contributed by atoms with E-state index in [-0.39, 0.29) is 5.97 Å². The largest absolute Gasteiger partial charge is 0.457 e. The van der Waals surface area contributed by atoms with Crippen LogP contribution in [0.4, 0.5) is 0 Å². The summed E-state index contributed by atoms with van der Waals surface area (Å²) in [6.07, 6.45) is 7.69. The second-order valence-corrected chi connectivity index (χ2v) is 5.67. The van der Waals surface area contributed by atoms with E-state index in [1.165, 1.54) is 11.6 Å². The van der Waals surface area contributed by atoms with Crippen molar-refractivity contribution in [3.8, 4) is 0 Å². The first-order valence-electron chi connectivity index (χ1n) is 6.91. The van der Waals surface area contributed by atoms with Gasteiger partial charge in [0.25, 0.3) is 0 Å². The molecule has 0 bridgehead atoms. The molecule has 0 saturated heterocycles. The van der Waals surface area contributed by atoms with Crippen LogP contribution in [0.3, 0.4) is 0 Å². The molecule has 2 nitrogen and oxygen atoms in total. The van der Waals surface area contributed by atoms with Crippen LogP contribution in [-0.4, -0.2) is 11.6 Å². The van der Waals surface area contributed by atoms with Gasteiger partial charge in [-0.1, -0.05) is 36.4 Å². The fraction of sp³-hybridized carbons (Fsp3) is 0.471. The molecule has 1 aromatic rings. The Labute approximate surface area is 116 Å². The second-order valence-electron chi connectivity index (χ2n) is 5.67. The van der Waals surface area contributed by atoms with Crippen molar-refractivity contribution >= 4 is 5.97 Å². The molecule has 1 rings (SSSR count). The predicted molar refractivity (Wildman–Crippen MR) is 79.0 cm³/mol. The summed E-state index contributed by atoms with van der Waals surface area (Å²) < 4.78 is 5.19. The highest BCUT2D eigenvalue weighted by molar-refractivity contribution is 5.82. The third-order valence-electron chi connectivity index (χ3n) is 2.59. The van der Waals surface area contributed by atoms with Gasteiger partial charge in [-0.25, -0.2) is 4.79 Å². The van der Waals surface area contributed by atoms with Crippen molar-refractivity contribution in [3.63, 3.8) is 0 Å². The summed E-state index contributed by atoms with van der Waals surface area (Å²) in [6.45, 7) is 5.62. The zero-order chi connectivity index (χ0) is 14.1. The molecule has 0 amide bonds. The minimum Gasteiger partial charge on any atom is -0.457 e. The predicted octanol–water partition coefficient (Wildman–Crippen LogP) is 4.30. The van der Waals surface area contributed by atoms with E-state index in [0.717, 1.165) is 25.7 Å². The van der Waals surface area contributed by atoms with Gasteiger partial charge >= 0.3 is 5.97 Å². The van der Waals surface area contributed by atoms with E-state index < -0.39 is 5.60 Å². The van der Waals surface area contributed by atoms with Crippen LogP contribution in [0.2, 0.25) is 0 Å². The van der Waals surface area contributed by atoms with Gasteiger partial charge in [-0.2, -0.15) is 0 Å². The first-order valence-corrected chi connectivity index (χ1v) is 6.91. The maximum absolute atomic E-state index is 11.4. The lowest BCUT2D eigenvalue weighted by molar-refractivity contribution is -0.148. The number of rotatable bonds is 6. The third kappa shape index (κ3) is 8.20. The van der Waals surface area contributed by atoms with E-state index >= 15 is 0 Å². The molecule has 0 unspecified atom stereocenters. The number of esters is 1. The summed E-state index contributed by atoms with van der Waals surface area (Å²) in [7, 11) is 0. The normalized spacial score (nSPS) is 11.7. The average Bonchev–Trinajstić information content (AvgIpc) is 2.32. The first kappa shape index (κ1) is 15.5. The Kier molecular flexibility index (Phi) is 6.34. The highest BCUT2D eigenvalue weighted by atomic mass is 16.6. The van der Waals surface area contributed by atoms with Gasteiger partial charge < -0.3 is 4.74 Å². The SMILES string of the molecule is CC(C)(C)OC(=O)C=CCCCCc1ccccc1. The standard InChI is InChI=1S/C17H24O2/c1-17(2,3)19-16(18)14-10-5-4-7-11-15-12-8-6-9-13-15/h6,8-10,12-14H,4-5,7,11H2,1-3H3. The zero-order valence-electron chi connectivity index (χ0n) is 12.2. The number of hydrogen-bond acceptors (Lipinski definition) is 2. The lowest BCUT2D eigenvalue weighted by Gasteiger charge is -2.17. The molecule has 19 heavy (non-hydrogen) atoms. The summed E-state index contributed by atoms with van der Waals surface area (Å²) in [5.41, 5.74) is 0.966. The molecule has 0 aliphatic heterocycles. The fourth-order valence-corrected chi connectivity index (χ4v) is 1.75.